The van der Waals surface area contributed by atoms with Crippen LogP contribution in [0.3, 0.4) is 0 Å². The van der Waals surface area contributed by atoms with Crippen LogP contribution in [-0.2, 0) is 9.47 Å². The van der Waals surface area contributed by atoms with Crippen molar-refractivity contribution in [1.29, 1.82) is 5.26 Å². The van der Waals surface area contributed by atoms with E-state index in [1.807, 2.05) is 18.2 Å². The number of morpholine rings is 1. The summed E-state index contributed by atoms with van der Waals surface area (Å²) in [5.41, 5.74) is 2.32. The van der Waals surface area contributed by atoms with Crippen LogP contribution in [0.1, 0.15) is 62.3 Å². The Morgan fingerprint density at radius 3 is 2.91 bits per heavy atom. The van der Waals surface area contributed by atoms with Gasteiger partial charge in [0.15, 0.2) is 11.5 Å². The quantitative estimate of drug-likeness (QED) is 0.381. The third-order valence-electron chi connectivity index (χ3n) is 6.22. The molecule has 0 aromatic carbocycles. The van der Waals surface area contributed by atoms with Crippen molar-refractivity contribution in [3.05, 3.63) is 53.2 Å². The second-order valence-corrected chi connectivity index (χ2v) is 9.14. The van der Waals surface area contributed by atoms with Crippen LogP contribution >= 0.6 is 0 Å². The predicted molar refractivity (Wildman–Crippen MR) is 131 cm³/mol. The molecule has 0 radical (unpaired) electrons. The van der Waals surface area contributed by atoms with E-state index in [9.17, 15) is 4.79 Å². The van der Waals surface area contributed by atoms with Gasteiger partial charge >= 0.3 is 0 Å². The van der Waals surface area contributed by atoms with Crippen LogP contribution in [0.5, 0.6) is 0 Å². The summed E-state index contributed by atoms with van der Waals surface area (Å²) in [4.78, 5) is 21.3. The number of aromatic amines is 1. The molecule has 2 N–H and O–H groups in total. The molecule has 1 aliphatic heterocycles. The summed E-state index contributed by atoms with van der Waals surface area (Å²) >= 11 is 0. The molecule has 0 spiro atoms. The monoisotopic (exact) mass is 467 g/mol. The lowest BCUT2D eigenvalue weighted by Crippen LogP contribution is -2.39. The highest BCUT2D eigenvalue weighted by molar-refractivity contribution is 5.90. The van der Waals surface area contributed by atoms with Gasteiger partial charge in [-0.05, 0) is 51.5 Å². The third-order valence-corrected chi connectivity index (χ3v) is 6.22. The average Bonchev–Trinajstić information content (AvgIpc) is 3.34. The van der Waals surface area contributed by atoms with Crippen LogP contribution in [0.2, 0.25) is 0 Å². The molecule has 34 heavy (non-hydrogen) atoms. The standard InChI is InChI=1S/C26H37N5O3/c1-26(2,34-18-15-31-13-16-33-17-14-31)22(11-10-21-7-4-3-5-8-21)9-6-12-28-25(32)24-29-20-23(19-27)30-24/h6-7,9,11,20H,3-5,8,10,12-18H2,1-2H3,(H,28,32)(H,29,30)/b9-6-,22-11+. The zero-order valence-corrected chi connectivity index (χ0v) is 20.4. The number of hydrogen-bond donors (Lipinski definition) is 2. The van der Waals surface area contributed by atoms with Crippen molar-refractivity contribution >= 4 is 5.91 Å². The number of hydrogen-bond acceptors (Lipinski definition) is 6. The lowest BCUT2D eigenvalue weighted by molar-refractivity contribution is -0.0183. The minimum atomic E-state index is -0.454. The van der Waals surface area contributed by atoms with E-state index in [1.54, 1.807) is 0 Å². The number of amides is 1. The largest absolute Gasteiger partial charge is 0.379 e. The Kier molecular flexibility index (Phi) is 10.1. The van der Waals surface area contributed by atoms with Crippen molar-refractivity contribution in [2.75, 3.05) is 46.0 Å². The Hall–Kier alpha value is -2.73. The van der Waals surface area contributed by atoms with Gasteiger partial charge < -0.3 is 19.8 Å². The van der Waals surface area contributed by atoms with Gasteiger partial charge in [0.1, 0.15) is 6.07 Å². The van der Waals surface area contributed by atoms with Gasteiger partial charge in [-0.2, -0.15) is 5.26 Å². The normalized spacial score (nSPS) is 18.0. The minimum absolute atomic E-state index is 0.136. The first-order valence-corrected chi connectivity index (χ1v) is 12.2. The number of rotatable bonds is 11. The van der Waals surface area contributed by atoms with Crippen molar-refractivity contribution in [3.8, 4) is 6.07 Å². The number of nitriles is 1. The number of imidazole rings is 1. The average molecular weight is 468 g/mol. The van der Waals surface area contributed by atoms with Crippen molar-refractivity contribution in [1.82, 2.24) is 20.2 Å². The van der Waals surface area contributed by atoms with E-state index in [0.717, 1.165) is 51.3 Å². The molecule has 2 aliphatic rings. The van der Waals surface area contributed by atoms with Crippen LogP contribution in [0.15, 0.2) is 41.6 Å². The zero-order chi connectivity index (χ0) is 24.2. The minimum Gasteiger partial charge on any atom is -0.379 e. The summed E-state index contributed by atoms with van der Waals surface area (Å²) in [5.74, 6) is -0.207. The van der Waals surface area contributed by atoms with Gasteiger partial charge in [0.2, 0.25) is 0 Å². The molecule has 0 bridgehead atoms. The smallest absolute Gasteiger partial charge is 0.287 e. The van der Waals surface area contributed by atoms with E-state index in [2.05, 4.69) is 46.2 Å². The van der Waals surface area contributed by atoms with Gasteiger partial charge in [0.05, 0.1) is 25.4 Å². The lowest BCUT2D eigenvalue weighted by Gasteiger charge is -2.31. The van der Waals surface area contributed by atoms with Crippen LogP contribution in [0, 0.1) is 11.3 Å². The number of nitrogens with zero attached hydrogens (tertiary/aromatic N) is 3. The number of H-pyrrole nitrogens is 1. The Balaban J connectivity index is 1.58. The highest BCUT2D eigenvalue weighted by Crippen LogP contribution is 2.26. The molecule has 8 nitrogen and oxygen atoms in total. The van der Waals surface area contributed by atoms with Gasteiger partial charge in [-0.1, -0.05) is 29.9 Å². The van der Waals surface area contributed by atoms with E-state index in [1.165, 1.54) is 31.0 Å². The Morgan fingerprint density at radius 1 is 1.38 bits per heavy atom. The van der Waals surface area contributed by atoms with E-state index in [-0.39, 0.29) is 17.4 Å². The fourth-order valence-corrected chi connectivity index (χ4v) is 4.10. The molecule has 8 heteroatoms. The van der Waals surface area contributed by atoms with E-state index in [0.29, 0.717) is 13.2 Å². The summed E-state index contributed by atoms with van der Waals surface area (Å²) in [6.45, 7) is 9.56. The Labute approximate surface area is 202 Å². The van der Waals surface area contributed by atoms with Crippen LogP contribution in [0.4, 0.5) is 0 Å². The number of nitrogens with one attached hydrogen (secondary N) is 2. The molecule has 0 unspecified atom stereocenters. The van der Waals surface area contributed by atoms with E-state index < -0.39 is 5.60 Å². The van der Waals surface area contributed by atoms with Crippen molar-refractivity contribution in [2.24, 2.45) is 0 Å². The highest BCUT2D eigenvalue weighted by Gasteiger charge is 2.23. The van der Waals surface area contributed by atoms with Crippen LogP contribution < -0.4 is 5.32 Å². The number of carbonyl (C=O) groups excluding carboxylic acids is 1. The van der Waals surface area contributed by atoms with E-state index >= 15 is 0 Å². The van der Waals surface area contributed by atoms with Gasteiger partial charge in [0, 0.05) is 32.4 Å². The molecule has 3 rings (SSSR count). The molecule has 0 saturated carbocycles. The van der Waals surface area contributed by atoms with Crippen molar-refractivity contribution in [2.45, 2.75) is 51.6 Å². The molecular formula is C26H37N5O3. The molecule has 1 saturated heterocycles. The highest BCUT2D eigenvalue weighted by atomic mass is 16.5. The zero-order valence-electron chi connectivity index (χ0n) is 20.4. The fourth-order valence-electron chi connectivity index (χ4n) is 4.10. The second kappa shape index (κ2) is 13.2. The summed E-state index contributed by atoms with van der Waals surface area (Å²) in [6.07, 6.45) is 15.8. The molecule has 1 aromatic rings. The maximum Gasteiger partial charge on any atom is 0.287 e. The molecule has 0 atom stereocenters. The third kappa shape index (κ3) is 8.24. The van der Waals surface area contributed by atoms with Crippen LogP contribution in [-0.4, -0.2) is 72.4 Å². The molecule has 184 valence electrons. The maximum absolute atomic E-state index is 12.2. The van der Waals surface area contributed by atoms with Gasteiger partial charge in [-0.15, -0.1) is 0 Å². The Bertz CT molecular complexity index is 932. The maximum atomic E-state index is 12.2. The molecule has 1 fully saturated rings. The first-order valence-electron chi connectivity index (χ1n) is 12.2. The first kappa shape index (κ1) is 25.9. The summed E-state index contributed by atoms with van der Waals surface area (Å²) in [6, 6.07) is 1.91. The number of carbonyl (C=O) groups is 1. The SMILES string of the molecule is CC(C)(OCCN1CCOCC1)C(/C=C\CNC(=O)c1nc(C#N)c[nH]1)=C/CC1=CCCCC1. The lowest BCUT2D eigenvalue weighted by atomic mass is 9.92. The molecular weight excluding hydrogens is 430 g/mol. The van der Waals surface area contributed by atoms with Crippen molar-refractivity contribution in [3.63, 3.8) is 0 Å². The fraction of sp³-hybridized carbons (Fsp3) is 0.577. The summed E-state index contributed by atoms with van der Waals surface area (Å²) < 4.78 is 11.8. The summed E-state index contributed by atoms with van der Waals surface area (Å²) in [7, 11) is 0. The second-order valence-electron chi connectivity index (χ2n) is 9.14. The number of ether oxygens (including phenoxy) is 2. The van der Waals surface area contributed by atoms with Crippen molar-refractivity contribution < 1.29 is 14.3 Å². The Morgan fingerprint density at radius 2 is 2.21 bits per heavy atom. The van der Waals surface area contributed by atoms with Gasteiger partial charge in [-0.25, -0.2) is 4.98 Å². The molecule has 1 amide bonds. The molecule has 1 aliphatic carbocycles. The van der Waals surface area contributed by atoms with E-state index in [4.69, 9.17) is 14.7 Å². The number of aromatic nitrogens is 2. The number of allylic oxidation sites excluding steroid dienone is 3. The predicted octanol–water partition coefficient (Wildman–Crippen LogP) is 3.51. The molecule has 1 aromatic heterocycles. The van der Waals surface area contributed by atoms with Gasteiger partial charge in [0.25, 0.3) is 5.91 Å². The van der Waals surface area contributed by atoms with Gasteiger partial charge in [-0.3, -0.25) is 9.69 Å². The topological polar surface area (TPSA) is 103 Å². The molecule has 2 heterocycles. The first-order chi connectivity index (χ1) is 16.5. The van der Waals surface area contributed by atoms with Crippen LogP contribution in [0.25, 0.3) is 0 Å². The summed E-state index contributed by atoms with van der Waals surface area (Å²) in [5, 5.41) is 11.7.